The molecule has 0 aromatic heterocycles. The van der Waals surface area contributed by atoms with E-state index in [0.717, 1.165) is 16.9 Å². The number of hydrogen-bond acceptors (Lipinski definition) is 3. The number of amides is 4. The number of nitrogens with zero attached hydrogens (tertiary/aromatic N) is 1. The summed E-state index contributed by atoms with van der Waals surface area (Å²) in [5.41, 5.74) is 2.29. The quantitative estimate of drug-likeness (QED) is 0.744. The van der Waals surface area contributed by atoms with Crippen LogP contribution in [0.3, 0.4) is 0 Å². The minimum atomic E-state index is -0.515. The Bertz CT molecular complexity index is 622. The van der Waals surface area contributed by atoms with Crippen LogP contribution in [-0.4, -0.2) is 35.8 Å². The van der Waals surface area contributed by atoms with Crippen molar-refractivity contribution < 1.29 is 14.4 Å². The van der Waals surface area contributed by atoms with Crippen molar-refractivity contribution in [1.82, 2.24) is 15.5 Å². The van der Waals surface area contributed by atoms with Gasteiger partial charge in [-0.3, -0.25) is 14.5 Å². The monoisotopic (exact) mass is 345 g/mol. The average molecular weight is 345 g/mol. The lowest BCUT2D eigenvalue weighted by Gasteiger charge is -2.24. The maximum atomic E-state index is 12.3. The molecule has 1 unspecified atom stereocenters. The van der Waals surface area contributed by atoms with Crippen molar-refractivity contribution >= 4 is 17.8 Å². The molecular formula is C19H27N3O3. The lowest BCUT2D eigenvalue weighted by molar-refractivity contribution is -0.131. The number of imide groups is 1. The van der Waals surface area contributed by atoms with Crippen LogP contribution in [0.15, 0.2) is 24.3 Å². The van der Waals surface area contributed by atoms with Gasteiger partial charge in [0.15, 0.2) is 0 Å². The zero-order valence-electron chi connectivity index (χ0n) is 15.3. The minimum absolute atomic E-state index is 0.0446. The van der Waals surface area contributed by atoms with Crippen molar-refractivity contribution in [3.8, 4) is 0 Å². The fraction of sp³-hybridized carbons (Fsp3) is 0.526. The molecule has 1 aliphatic rings. The highest BCUT2D eigenvalue weighted by Crippen LogP contribution is 2.23. The number of carbonyl (C=O) groups excluding carboxylic acids is 3. The number of carbonyl (C=O) groups is 3. The molecule has 0 radical (unpaired) electrons. The van der Waals surface area contributed by atoms with Gasteiger partial charge < -0.3 is 10.6 Å². The molecule has 1 heterocycles. The Morgan fingerprint density at radius 2 is 1.80 bits per heavy atom. The van der Waals surface area contributed by atoms with Crippen LogP contribution >= 0.6 is 0 Å². The lowest BCUT2D eigenvalue weighted by atomic mass is 9.93. The van der Waals surface area contributed by atoms with E-state index >= 15 is 0 Å². The summed E-state index contributed by atoms with van der Waals surface area (Å²) in [6, 6.07) is 7.58. The molecule has 1 aromatic rings. The first-order valence-electron chi connectivity index (χ1n) is 8.74. The van der Waals surface area contributed by atoms with Gasteiger partial charge >= 0.3 is 6.03 Å². The molecule has 6 nitrogen and oxygen atoms in total. The summed E-state index contributed by atoms with van der Waals surface area (Å²) in [5, 5.41) is 5.36. The van der Waals surface area contributed by atoms with Gasteiger partial charge in [-0.1, -0.05) is 52.0 Å². The second-order valence-corrected chi connectivity index (χ2v) is 7.27. The third-order valence-corrected chi connectivity index (χ3v) is 4.20. The van der Waals surface area contributed by atoms with E-state index in [0.29, 0.717) is 5.92 Å². The van der Waals surface area contributed by atoms with Gasteiger partial charge in [0.25, 0.3) is 5.91 Å². The predicted octanol–water partition coefficient (Wildman–Crippen LogP) is 2.25. The fourth-order valence-electron chi connectivity index (χ4n) is 2.95. The van der Waals surface area contributed by atoms with Crippen LogP contribution in [0.2, 0.25) is 0 Å². The van der Waals surface area contributed by atoms with Crippen molar-refractivity contribution in [3.05, 3.63) is 35.4 Å². The Labute approximate surface area is 149 Å². The molecule has 0 spiro atoms. The Morgan fingerprint density at radius 1 is 1.16 bits per heavy atom. The number of urea groups is 1. The first-order chi connectivity index (χ1) is 11.8. The molecule has 1 aliphatic heterocycles. The highest BCUT2D eigenvalue weighted by atomic mass is 16.2. The second-order valence-electron chi connectivity index (χ2n) is 7.27. The largest absolute Gasteiger partial charge is 0.347 e. The summed E-state index contributed by atoms with van der Waals surface area (Å²) in [4.78, 5) is 36.4. The van der Waals surface area contributed by atoms with E-state index in [4.69, 9.17) is 0 Å². The molecule has 1 fully saturated rings. The molecule has 0 aliphatic carbocycles. The van der Waals surface area contributed by atoms with Crippen LogP contribution in [0.5, 0.6) is 0 Å². The zero-order valence-corrected chi connectivity index (χ0v) is 15.3. The maximum Gasteiger partial charge on any atom is 0.325 e. The van der Waals surface area contributed by atoms with Gasteiger partial charge in [0.2, 0.25) is 5.91 Å². The molecule has 25 heavy (non-hydrogen) atoms. The van der Waals surface area contributed by atoms with Crippen LogP contribution in [0.25, 0.3) is 0 Å². The summed E-state index contributed by atoms with van der Waals surface area (Å²) >= 11 is 0. The van der Waals surface area contributed by atoms with E-state index in [1.807, 2.05) is 26.0 Å². The number of rotatable bonds is 7. The van der Waals surface area contributed by atoms with Crippen molar-refractivity contribution in [2.45, 2.75) is 40.2 Å². The minimum Gasteiger partial charge on any atom is -0.347 e. The van der Waals surface area contributed by atoms with Crippen LogP contribution in [-0.2, 0) is 16.0 Å². The fourth-order valence-corrected chi connectivity index (χ4v) is 2.95. The Kier molecular flexibility index (Phi) is 6.17. The molecule has 0 bridgehead atoms. The summed E-state index contributed by atoms with van der Waals surface area (Å²) < 4.78 is 0. The molecular weight excluding hydrogens is 318 g/mol. The van der Waals surface area contributed by atoms with Crippen LogP contribution in [0.4, 0.5) is 4.79 Å². The van der Waals surface area contributed by atoms with Gasteiger partial charge in [-0.05, 0) is 29.4 Å². The lowest BCUT2D eigenvalue weighted by Crippen LogP contribution is -2.42. The van der Waals surface area contributed by atoms with Crippen molar-refractivity contribution in [3.63, 3.8) is 0 Å². The number of benzene rings is 1. The summed E-state index contributed by atoms with van der Waals surface area (Å²) in [6.45, 7) is 8.12. The van der Waals surface area contributed by atoms with E-state index in [2.05, 4.69) is 36.6 Å². The predicted molar refractivity (Wildman–Crippen MR) is 95.8 cm³/mol. The molecule has 6 heteroatoms. The van der Waals surface area contributed by atoms with Gasteiger partial charge in [-0.2, -0.15) is 0 Å². The Balaban J connectivity index is 2.04. The van der Waals surface area contributed by atoms with Crippen LogP contribution in [0.1, 0.15) is 44.9 Å². The molecule has 2 N–H and O–H groups in total. The van der Waals surface area contributed by atoms with Gasteiger partial charge in [0.1, 0.15) is 6.54 Å². The molecule has 136 valence electrons. The smallest absolute Gasteiger partial charge is 0.325 e. The summed E-state index contributed by atoms with van der Waals surface area (Å²) in [6.07, 6.45) is 1.02. The Hall–Kier alpha value is -2.37. The van der Waals surface area contributed by atoms with Crippen molar-refractivity contribution in [2.24, 2.45) is 11.8 Å². The van der Waals surface area contributed by atoms with Gasteiger partial charge in [0, 0.05) is 0 Å². The van der Waals surface area contributed by atoms with E-state index in [1.165, 1.54) is 5.56 Å². The highest BCUT2D eigenvalue weighted by molar-refractivity contribution is 6.04. The molecule has 0 saturated carbocycles. The molecule has 1 aromatic carbocycles. The average Bonchev–Trinajstić information content (AvgIpc) is 2.84. The summed E-state index contributed by atoms with van der Waals surface area (Å²) in [5.74, 6) is 0.0632. The van der Waals surface area contributed by atoms with Gasteiger partial charge in [0.05, 0.1) is 12.6 Å². The first-order valence-corrected chi connectivity index (χ1v) is 8.74. The van der Waals surface area contributed by atoms with Crippen LogP contribution < -0.4 is 10.6 Å². The SMILES string of the molecule is CC(C)Cc1ccc(C(NC(=O)CN2C(=O)CNC2=O)C(C)C)cc1. The zero-order chi connectivity index (χ0) is 18.6. The van der Waals surface area contributed by atoms with Crippen molar-refractivity contribution in [2.75, 3.05) is 13.1 Å². The topological polar surface area (TPSA) is 78.5 Å². The molecule has 1 saturated heterocycles. The van der Waals surface area contributed by atoms with Gasteiger partial charge in [-0.15, -0.1) is 0 Å². The second kappa shape index (κ2) is 8.14. The van der Waals surface area contributed by atoms with E-state index < -0.39 is 6.03 Å². The molecule has 2 rings (SSSR count). The molecule has 1 atom stereocenters. The van der Waals surface area contributed by atoms with Crippen molar-refractivity contribution in [1.29, 1.82) is 0 Å². The third-order valence-electron chi connectivity index (χ3n) is 4.20. The van der Waals surface area contributed by atoms with Crippen LogP contribution in [0, 0.1) is 11.8 Å². The molecule has 4 amide bonds. The standard InChI is InChI=1S/C19H27N3O3/c1-12(2)9-14-5-7-15(8-6-14)18(13(3)4)21-16(23)11-22-17(24)10-20-19(22)25/h5-8,12-13,18H,9-11H2,1-4H3,(H,20,25)(H,21,23). The number of nitrogens with one attached hydrogen (secondary N) is 2. The van der Waals surface area contributed by atoms with E-state index in [-0.39, 0.29) is 36.9 Å². The maximum absolute atomic E-state index is 12.3. The summed E-state index contributed by atoms with van der Waals surface area (Å²) in [7, 11) is 0. The van der Waals surface area contributed by atoms with Gasteiger partial charge in [-0.25, -0.2) is 4.79 Å². The van der Waals surface area contributed by atoms with E-state index in [1.54, 1.807) is 0 Å². The number of hydrogen-bond donors (Lipinski definition) is 2. The third kappa shape index (κ3) is 5.05. The first kappa shape index (κ1) is 19.0. The van der Waals surface area contributed by atoms with E-state index in [9.17, 15) is 14.4 Å². The highest BCUT2D eigenvalue weighted by Gasteiger charge is 2.31. The normalized spacial score (nSPS) is 15.7. The Morgan fingerprint density at radius 3 is 2.28 bits per heavy atom.